The zero-order chi connectivity index (χ0) is 15.2. The van der Waals surface area contributed by atoms with Crippen molar-refractivity contribution in [1.29, 1.82) is 0 Å². The van der Waals surface area contributed by atoms with Gasteiger partial charge in [-0.3, -0.25) is 4.21 Å². The van der Waals surface area contributed by atoms with Crippen LogP contribution in [-0.4, -0.2) is 35.0 Å². The zero-order valence-electron chi connectivity index (χ0n) is 13.4. The van der Waals surface area contributed by atoms with E-state index in [1.807, 2.05) is 0 Å². The van der Waals surface area contributed by atoms with Crippen LogP contribution in [0.5, 0.6) is 0 Å². The maximum atomic E-state index is 12.4. The smallest absolute Gasteiger partial charge is 0.0691 e. The number of nitrogens with one attached hydrogen (secondary N) is 1. The van der Waals surface area contributed by atoms with Crippen LogP contribution in [0.3, 0.4) is 0 Å². The highest BCUT2D eigenvalue weighted by Gasteiger charge is 2.21. The number of aryl methyl sites for hydroxylation is 2. The van der Waals surface area contributed by atoms with E-state index >= 15 is 0 Å². The molecule has 1 aliphatic heterocycles. The molecule has 0 spiro atoms. The first-order valence-corrected chi connectivity index (χ1v) is 9.36. The highest BCUT2D eigenvalue weighted by Crippen LogP contribution is 2.20. The van der Waals surface area contributed by atoms with Crippen molar-refractivity contribution in [2.45, 2.75) is 45.8 Å². The summed E-state index contributed by atoms with van der Waals surface area (Å²) in [5.74, 6) is 1.34. The molecule has 1 N–H and O–H groups in total. The van der Waals surface area contributed by atoms with Gasteiger partial charge in [0.2, 0.25) is 0 Å². The summed E-state index contributed by atoms with van der Waals surface area (Å²) in [5, 5.41) is 3.47. The van der Waals surface area contributed by atoms with Gasteiger partial charge >= 0.3 is 0 Å². The quantitative estimate of drug-likeness (QED) is 0.841. The lowest BCUT2D eigenvalue weighted by atomic mass is 10.0. The Bertz CT molecular complexity index is 484. The summed E-state index contributed by atoms with van der Waals surface area (Å²) in [6, 6.07) is 6.68. The summed E-state index contributed by atoms with van der Waals surface area (Å²) in [7, 11) is -0.841. The van der Waals surface area contributed by atoms with Gasteiger partial charge in [-0.2, -0.15) is 0 Å². The van der Waals surface area contributed by atoms with E-state index in [0.29, 0.717) is 11.5 Å². The lowest BCUT2D eigenvalue weighted by Gasteiger charge is -2.20. The average Bonchev–Trinajstić information content (AvgIpc) is 2.94. The Labute approximate surface area is 130 Å². The van der Waals surface area contributed by atoms with Gasteiger partial charge in [0.25, 0.3) is 0 Å². The second kappa shape index (κ2) is 8.06. The molecule has 3 atom stereocenters. The Kier molecular flexibility index (Phi) is 6.40. The van der Waals surface area contributed by atoms with Crippen LogP contribution < -0.4 is 5.32 Å². The summed E-state index contributed by atoms with van der Waals surface area (Å²) in [6.45, 7) is 8.06. The van der Waals surface area contributed by atoms with Gasteiger partial charge < -0.3 is 10.1 Å². The Morgan fingerprint density at radius 2 is 2.19 bits per heavy atom. The summed E-state index contributed by atoms with van der Waals surface area (Å²) in [6.07, 6.45) is 2.37. The molecular formula is C17H27NO2S. The first kappa shape index (κ1) is 16.7. The van der Waals surface area contributed by atoms with Crippen molar-refractivity contribution in [3.63, 3.8) is 0 Å². The third kappa shape index (κ3) is 4.90. The molecule has 0 amide bonds. The van der Waals surface area contributed by atoms with Gasteiger partial charge in [0.1, 0.15) is 0 Å². The van der Waals surface area contributed by atoms with Crippen LogP contribution in [-0.2, 0) is 15.5 Å². The average molecular weight is 309 g/mol. The van der Waals surface area contributed by atoms with Crippen molar-refractivity contribution >= 4 is 10.8 Å². The van der Waals surface area contributed by atoms with E-state index in [4.69, 9.17) is 4.74 Å². The molecule has 118 valence electrons. The summed E-state index contributed by atoms with van der Waals surface area (Å²) < 4.78 is 18.0. The monoisotopic (exact) mass is 309 g/mol. The van der Waals surface area contributed by atoms with E-state index in [2.05, 4.69) is 44.3 Å². The van der Waals surface area contributed by atoms with E-state index in [1.54, 1.807) is 0 Å². The topological polar surface area (TPSA) is 38.3 Å². The fourth-order valence-electron chi connectivity index (χ4n) is 2.74. The minimum atomic E-state index is -0.841. The van der Waals surface area contributed by atoms with E-state index < -0.39 is 10.8 Å². The van der Waals surface area contributed by atoms with Gasteiger partial charge in [-0.1, -0.05) is 25.1 Å². The number of rotatable bonds is 7. The molecule has 4 heteroatoms. The minimum absolute atomic E-state index is 0.163. The van der Waals surface area contributed by atoms with Crippen LogP contribution in [0.1, 0.15) is 42.5 Å². The number of hydrogen-bond donors (Lipinski definition) is 1. The highest BCUT2D eigenvalue weighted by atomic mass is 32.2. The first-order valence-electron chi connectivity index (χ1n) is 7.87. The first-order chi connectivity index (χ1) is 10.1. The third-order valence-electron chi connectivity index (χ3n) is 4.13. The highest BCUT2D eigenvalue weighted by molar-refractivity contribution is 7.85. The largest absolute Gasteiger partial charge is 0.377 e. The standard InChI is InChI=1S/C17H27NO2S/c1-4-18-17(15-8-7-13(2)14(3)10-15)12-21(19)11-16-6-5-9-20-16/h7-8,10,16-18H,4-6,9,11-12H2,1-3H3. The molecule has 0 aromatic heterocycles. The van der Waals surface area contributed by atoms with E-state index in [-0.39, 0.29) is 12.1 Å². The van der Waals surface area contributed by atoms with Crippen molar-refractivity contribution in [2.24, 2.45) is 0 Å². The third-order valence-corrected chi connectivity index (χ3v) is 5.58. The van der Waals surface area contributed by atoms with Gasteiger partial charge in [0, 0.05) is 35.0 Å². The fraction of sp³-hybridized carbons (Fsp3) is 0.647. The molecule has 2 rings (SSSR count). The van der Waals surface area contributed by atoms with Crippen LogP contribution in [0.15, 0.2) is 18.2 Å². The van der Waals surface area contributed by atoms with Crippen molar-refractivity contribution in [3.05, 3.63) is 34.9 Å². The van der Waals surface area contributed by atoms with Crippen molar-refractivity contribution < 1.29 is 8.95 Å². The number of hydrogen-bond acceptors (Lipinski definition) is 3. The molecule has 3 nitrogen and oxygen atoms in total. The van der Waals surface area contributed by atoms with Crippen LogP contribution in [0, 0.1) is 13.8 Å². The van der Waals surface area contributed by atoms with Crippen LogP contribution in [0.4, 0.5) is 0 Å². The molecule has 1 aliphatic rings. The van der Waals surface area contributed by atoms with E-state index in [9.17, 15) is 4.21 Å². The van der Waals surface area contributed by atoms with Crippen molar-refractivity contribution in [2.75, 3.05) is 24.7 Å². The molecule has 21 heavy (non-hydrogen) atoms. The normalized spacial score (nSPS) is 21.4. The molecule has 0 saturated carbocycles. The molecule has 0 bridgehead atoms. The Hall–Kier alpha value is -0.710. The molecule has 0 aliphatic carbocycles. The molecule has 1 aromatic carbocycles. The predicted molar refractivity (Wildman–Crippen MR) is 89.2 cm³/mol. The van der Waals surface area contributed by atoms with E-state index in [1.165, 1.54) is 16.7 Å². The SMILES string of the molecule is CCNC(CS(=O)CC1CCCO1)c1ccc(C)c(C)c1. The Morgan fingerprint density at radius 3 is 2.81 bits per heavy atom. The maximum absolute atomic E-state index is 12.4. The van der Waals surface area contributed by atoms with Gasteiger partial charge in [0.05, 0.1) is 6.10 Å². The molecule has 0 radical (unpaired) electrons. The second-order valence-electron chi connectivity index (χ2n) is 5.86. The fourth-order valence-corrected chi connectivity index (χ4v) is 4.23. The summed E-state index contributed by atoms with van der Waals surface area (Å²) in [5.41, 5.74) is 3.83. The molecular weight excluding hydrogens is 282 g/mol. The second-order valence-corrected chi connectivity index (χ2v) is 7.41. The number of ether oxygens (including phenoxy) is 1. The van der Waals surface area contributed by atoms with Crippen LogP contribution >= 0.6 is 0 Å². The molecule has 1 heterocycles. The molecule has 1 fully saturated rings. The lowest BCUT2D eigenvalue weighted by Crippen LogP contribution is -2.29. The zero-order valence-corrected chi connectivity index (χ0v) is 14.2. The van der Waals surface area contributed by atoms with Crippen LogP contribution in [0.25, 0.3) is 0 Å². The van der Waals surface area contributed by atoms with Crippen molar-refractivity contribution in [3.8, 4) is 0 Å². The van der Waals surface area contributed by atoms with Gasteiger partial charge in [-0.15, -0.1) is 0 Å². The lowest BCUT2D eigenvalue weighted by molar-refractivity contribution is 0.128. The van der Waals surface area contributed by atoms with Gasteiger partial charge in [-0.25, -0.2) is 0 Å². The Balaban J connectivity index is 2.00. The number of benzene rings is 1. The maximum Gasteiger partial charge on any atom is 0.0691 e. The molecule has 1 aromatic rings. The van der Waals surface area contributed by atoms with Gasteiger partial charge in [-0.05, 0) is 49.9 Å². The molecule has 1 saturated heterocycles. The predicted octanol–water partition coefficient (Wildman–Crippen LogP) is 2.88. The van der Waals surface area contributed by atoms with Gasteiger partial charge in [0.15, 0.2) is 0 Å². The molecule has 3 unspecified atom stereocenters. The van der Waals surface area contributed by atoms with E-state index in [0.717, 1.165) is 26.0 Å². The van der Waals surface area contributed by atoms with Crippen molar-refractivity contribution in [1.82, 2.24) is 5.32 Å². The Morgan fingerprint density at radius 1 is 1.38 bits per heavy atom. The summed E-state index contributed by atoms with van der Waals surface area (Å²) >= 11 is 0. The van der Waals surface area contributed by atoms with Crippen LogP contribution in [0.2, 0.25) is 0 Å². The minimum Gasteiger partial charge on any atom is -0.377 e. The summed E-state index contributed by atoms with van der Waals surface area (Å²) in [4.78, 5) is 0.